The Kier molecular flexibility index (Phi) is 7.16. The van der Waals surface area contributed by atoms with Gasteiger partial charge in [-0.25, -0.2) is 0 Å². The molecule has 1 saturated heterocycles. The Morgan fingerprint density at radius 3 is 3.12 bits per heavy atom. The molecule has 1 aliphatic heterocycles. The molecule has 1 heterocycles. The van der Waals surface area contributed by atoms with E-state index < -0.39 is 0 Å². The molecular formula is C12H25N3O2. The van der Waals surface area contributed by atoms with E-state index in [1.807, 2.05) is 0 Å². The van der Waals surface area contributed by atoms with Crippen LogP contribution in [0.3, 0.4) is 0 Å². The van der Waals surface area contributed by atoms with Crippen LogP contribution in [0.5, 0.6) is 0 Å². The Balaban J connectivity index is 2.18. The second-order valence-electron chi connectivity index (χ2n) is 4.66. The summed E-state index contributed by atoms with van der Waals surface area (Å²) < 4.78 is 4.89. The van der Waals surface area contributed by atoms with Gasteiger partial charge >= 0.3 is 0 Å². The Bertz CT molecular complexity index is 222. The van der Waals surface area contributed by atoms with Crippen LogP contribution in [0.1, 0.15) is 19.3 Å². The van der Waals surface area contributed by atoms with Gasteiger partial charge in [0.15, 0.2) is 0 Å². The molecule has 0 spiro atoms. The van der Waals surface area contributed by atoms with Gasteiger partial charge in [0.2, 0.25) is 5.91 Å². The third-order valence-corrected chi connectivity index (χ3v) is 3.17. The summed E-state index contributed by atoms with van der Waals surface area (Å²) in [4.78, 5) is 13.8. The SMILES string of the molecule is COCCNC(=O)CN1CCCC(CCN)C1. The van der Waals surface area contributed by atoms with Crippen LogP contribution in [0.25, 0.3) is 0 Å². The monoisotopic (exact) mass is 243 g/mol. The van der Waals surface area contributed by atoms with Crippen LogP contribution >= 0.6 is 0 Å². The van der Waals surface area contributed by atoms with Crippen molar-refractivity contribution in [2.45, 2.75) is 19.3 Å². The predicted octanol–water partition coefficient (Wildman–Crippen LogP) is -0.190. The van der Waals surface area contributed by atoms with Gasteiger partial charge in [0, 0.05) is 20.2 Å². The van der Waals surface area contributed by atoms with Crippen molar-refractivity contribution < 1.29 is 9.53 Å². The number of rotatable bonds is 7. The van der Waals surface area contributed by atoms with Crippen molar-refractivity contribution in [1.82, 2.24) is 10.2 Å². The minimum absolute atomic E-state index is 0.0930. The van der Waals surface area contributed by atoms with Crippen molar-refractivity contribution in [3.8, 4) is 0 Å². The number of nitrogens with two attached hydrogens (primary N) is 1. The fourth-order valence-electron chi connectivity index (χ4n) is 2.32. The van der Waals surface area contributed by atoms with Gasteiger partial charge in [0.05, 0.1) is 13.2 Å². The molecule has 0 aromatic rings. The second-order valence-corrected chi connectivity index (χ2v) is 4.66. The summed E-state index contributed by atoms with van der Waals surface area (Å²) in [5, 5.41) is 2.85. The maximum Gasteiger partial charge on any atom is 0.234 e. The topological polar surface area (TPSA) is 67.6 Å². The largest absolute Gasteiger partial charge is 0.383 e. The molecule has 1 atom stereocenters. The summed E-state index contributed by atoms with van der Waals surface area (Å²) in [6.07, 6.45) is 3.50. The van der Waals surface area contributed by atoms with Crippen molar-refractivity contribution in [3.63, 3.8) is 0 Å². The van der Waals surface area contributed by atoms with Crippen molar-refractivity contribution in [1.29, 1.82) is 0 Å². The number of nitrogens with one attached hydrogen (secondary N) is 1. The maximum atomic E-state index is 11.6. The minimum atomic E-state index is 0.0930. The first-order chi connectivity index (χ1) is 8.26. The highest BCUT2D eigenvalue weighted by Gasteiger charge is 2.20. The van der Waals surface area contributed by atoms with Crippen LogP contribution < -0.4 is 11.1 Å². The highest BCUT2D eigenvalue weighted by atomic mass is 16.5. The standard InChI is InChI=1S/C12H25N3O2/c1-17-8-6-14-12(16)10-15-7-2-3-11(9-15)4-5-13/h11H,2-10,13H2,1H3,(H,14,16). The van der Waals surface area contributed by atoms with Gasteiger partial charge in [0.1, 0.15) is 0 Å². The quantitative estimate of drug-likeness (QED) is 0.608. The lowest BCUT2D eigenvalue weighted by Crippen LogP contribution is -2.43. The van der Waals surface area contributed by atoms with Crippen LogP contribution in [-0.2, 0) is 9.53 Å². The number of nitrogens with zero attached hydrogens (tertiary/aromatic N) is 1. The van der Waals surface area contributed by atoms with Gasteiger partial charge in [-0.3, -0.25) is 9.69 Å². The molecule has 100 valence electrons. The second kappa shape index (κ2) is 8.44. The number of methoxy groups -OCH3 is 1. The third kappa shape index (κ3) is 6.00. The average molecular weight is 243 g/mol. The fourth-order valence-corrected chi connectivity index (χ4v) is 2.32. The fraction of sp³-hybridized carbons (Fsp3) is 0.917. The third-order valence-electron chi connectivity index (χ3n) is 3.17. The number of piperidine rings is 1. The van der Waals surface area contributed by atoms with E-state index in [0.29, 0.717) is 25.6 Å². The molecule has 0 radical (unpaired) electrons. The number of carbonyl (C=O) groups excluding carboxylic acids is 1. The van der Waals surface area contributed by atoms with Gasteiger partial charge in [-0.2, -0.15) is 0 Å². The molecule has 0 aromatic carbocycles. The normalized spacial score (nSPS) is 21.4. The first-order valence-electron chi connectivity index (χ1n) is 6.44. The van der Waals surface area contributed by atoms with Gasteiger partial charge in [-0.15, -0.1) is 0 Å². The summed E-state index contributed by atoms with van der Waals surface area (Å²) in [6, 6.07) is 0. The van der Waals surface area contributed by atoms with E-state index in [0.717, 1.165) is 26.1 Å². The van der Waals surface area contributed by atoms with Crippen molar-refractivity contribution in [2.24, 2.45) is 11.7 Å². The number of hydrogen-bond donors (Lipinski definition) is 2. The zero-order chi connectivity index (χ0) is 12.5. The van der Waals surface area contributed by atoms with E-state index in [4.69, 9.17) is 10.5 Å². The average Bonchev–Trinajstić information content (AvgIpc) is 2.30. The van der Waals surface area contributed by atoms with Crippen LogP contribution in [0.2, 0.25) is 0 Å². The maximum absolute atomic E-state index is 11.6. The molecule has 3 N–H and O–H groups in total. The minimum Gasteiger partial charge on any atom is -0.383 e. The Hall–Kier alpha value is -0.650. The molecule has 0 aliphatic carbocycles. The molecule has 1 fully saturated rings. The molecule has 17 heavy (non-hydrogen) atoms. The molecule has 1 rings (SSSR count). The van der Waals surface area contributed by atoms with Gasteiger partial charge in [-0.05, 0) is 38.3 Å². The van der Waals surface area contributed by atoms with Crippen molar-refractivity contribution >= 4 is 5.91 Å². The van der Waals surface area contributed by atoms with Gasteiger partial charge in [-0.1, -0.05) is 0 Å². The number of likely N-dealkylation sites (tertiary alicyclic amines) is 1. The molecule has 0 bridgehead atoms. The van der Waals surface area contributed by atoms with Crippen molar-refractivity contribution in [2.75, 3.05) is 46.4 Å². The van der Waals surface area contributed by atoms with Crippen LogP contribution in [0.15, 0.2) is 0 Å². The van der Waals surface area contributed by atoms with Crippen LogP contribution in [0.4, 0.5) is 0 Å². The molecule has 1 unspecified atom stereocenters. The van der Waals surface area contributed by atoms with Gasteiger partial charge in [0.25, 0.3) is 0 Å². The zero-order valence-electron chi connectivity index (χ0n) is 10.8. The number of amides is 1. The number of hydrogen-bond acceptors (Lipinski definition) is 4. The summed E-state index contributed by atoms with van der Waals surface area (Å²) in [5.41, 5.74) is 5.58. The van der Waals surface area contributed by atoms with Gasteiger partial charge < -0.3 is 15.8 Å². The molecule has 0 saturated carbocycles. The number of carbonyl (C=O) groups is 1. The highest BCUT2D eigenvalue weighted by molar-refractivity contribution is 5.77. The van der Waals surface area contributed by atoms with E-state index in [-0.39, 0.29) is 5.91 Å². The van der Waals surface area contributed by atoms with Crippen LogP contribution in [-0.4, -0.2) is 57.2 Å². The summed E-state index contributed by atoms with van der Waals surface area (Å²) >= 11 is 0. The Labute approximate surface area is 104 Å². The van der Waals surface area contributed by atoms with E-state index >= 15 is 0 Å². The van der Waals surface area contributed by atoms with Crippen molar-refractivity contribution in [3.05, 3.63) is 0 Å². The lowest BCUT2D eigenvalue weighted by atomic mass is 9.95. The first kappa shape index (κ1) is 14.4. The Morgan fingerprint density at radius 1 is 1.59 bits per heavy atom. The predicted molar refractivity (Wildman–Crippen MR) is 67.7 cm³/mol. The van der Waals surface area contributed by atoms with E-state index in [2.05, 4.69) is 10.2 Å². The number of ether oxygens (including phenoxy) is 1. The molecule has 1 amide bonds. The van der Waals surface area contributed by atoms with E-state index in [1.165, 1.54) is 12.8 Å². The first-order valence-corrected chi connectivity index (χ1v) is 6.44. The molecule has 5 nitrogen and oxygen atoms in total. The highest BCUT2D eigenvalue weighted by Crippen LogP contribution is 2.18. The summed E-state index contributed by atoms with van der Waals surface area (Å²) in [6.45, 7) is 4.45. The molecule has 5 heteroatoms. The van der Waals surface area contributed by atoms with E-state index in [1.54, 1.807) is 7.11 Å². The molecule has 1 aliphatic rings. The molecular weight excluding hydrogens is 218 g/mol. The Morgan fingerprint density at radius 2 is 2.41 bits per heavy atom. The lowest BCUT2D eigenvalue weighted by molar-refractivity contribution is -0.122. The van der Waals surface area contributed by atoms with Crippen LogP contribution in [0, 0.1) is 5.92 Å². The van der Waals surface area contributed by atoms with E-state index in [9.17, 15) is 4.79 Å². The lowest BCUT2D eigenvalue weighted by Gasteiger charge is -2.32. The zero-order valence-corrected chi connectivity index (χ0v) is 10.8. The summed E-state index contributed by atoms with van der Waals surface area (Å²) in [5.74, 6) is 0.760. The smallest absolute Gasteiger partial charge is 0.234 e. The summed E-state index contributed by atoms with van der Waals surface area (Å²) in [7, 11) is 1.63. The molecule has 0 aromatic heterocycles.